The lowest BCUT2D eigenvalue weighted by atomic mass is 10.1. The summed E-state index contributed by atoms with van der Waals surface area (Å²) in [5.41, 5.74) is 5.04. The van der Waals surface area contributed by atoms with E-state index in [2.05, 4.69) is 6.07 Å². The standard InChI is InChI=1S/C9H16N2OS/c1-9(11,6-10)7-13-8-2-4-12-5-3-8/h8H,2-5,7,11H2,1H3. The summed E-state index contributed by atoms with van der Waals surface area (Å²) in [5, 5.41) is 9.34. The average molecular weight is 200 g/mol. The number of nitriles is 1. The molecule has 13 heavy (non-hydrogen) atoms. The van der Waals surface area contributed by atoms with E-state index in [0.29, 0.717) is 11.0 Å². The summed E-state index contributed by atoms with van der Waals surface area (Å²) < 4.78 is 5.25. The molecule has 4 heteroatoms. The highest BCUT2D eigenvalue weighted by Crippen LogP contribution is 2.24. The van der Waals surface area contributed by atoms with E-state index in [4.69, 9.17) is 15.7 Å². The number of hydrogen-bond acceptors (Lipinski definition) is 4. The molecule has 1 aliphatic heterocycles. The van der Waals surface area contributed by atoms with Gasteiger partial charge in [-0.3, -0.25) is 0 Å². The topological polar surface area (TPSA) is 59.0 Å². The summed E-state index contributed by atoms with van der Waals surface area (Å²) >= 11 is 1.80. The molecule has 1 rings (SSSR count). The van der Waals surface area contributed by atoms with Crippen LogP contribution in [0.1, 0.15) is 19.8 Å². The lowest BCUT2D eigenvalue weighted by Crippen LogP contribution is -2.38. The summed E-state index contributed by atoms with van der Waals surface area (Å²) in [4.78, 5) is 0. The average Bonchev–Trinajstić information content (AvgIpc) is 2.17. The minimum absolute atomic E-state index is 0.630. The Morgan fingerprint density at radius 3 is 2.77 bits per heavy atom. The van der Waals surface area contributed by atoms with Gasteiger partial charge in [0.25, 0.3) is 0 Å². The molecule has 0 bridgehead atoms. The Labute approximate surface area is 83.6 Å². The number of hydrogen-bond donors (Lipinski definition) is 1. The van der Waals surface area contributed by atoms with Gasteiger partial charge in [-0.15, -0.1) is 0 Å². The van der Waals surface area contributed by atoms with E-state index in [-0.39, 0.29) is 0 Å². The second-order valence-corrected chi connectivity index (χ2v) is 4.94. The fraction of sp³-hybridized carbons (Fsp3) is 0.889. The largest absolute Gasteiger partial charge is 0.381 e. The molecule has 1 saturated heterocycles. The van der Waals surface area contributed by atoms with E-state index in [1.54, 1.807) is 18.7 Å². The Balaban J connectivity index is 2.22. The van der Waals surface area contributed by atoms with Crippen LogP contribution < -0.4 is 5.73 Å². The van der Waals surface area contributed by atoms with Crippen LogP contribution in [0.2, 0.25) is 0 Å². The van der Waals surface area contributed by atoms with E-state index in [0.717, 1.165) is 26.1 Å². The summed E-state index contributed by atoms with van der Waals surface area (Å²) in [6.07, 6.45) is 2.18. The Morgan fingerprint density at radius 2 is 2.23 bits per heavy atom. The lowest BCUT2D eigenvalue weighted by Gasteiger charge is -2.24. The molecule has 1 fully saturated rings. The Morgan fingerprint density at radius 1 is 1.62 bits per heavy atom. The van der Waals surface area contributed by atoms with Crippen molar-refractivity contribution in [3.8, 4) is 6.07 Å². The third-order valence-electron chi connectivity index (χ3n) is 2.04. The molecule has 0 aromatic rings. The molecule has 1 aliphatic rings. The van der Waals surface area contributed by atoms with E-state index in [1.807, 2.05) is 0 Å². The normalized spacial score (nSPS) is 23.5. The molecular formula is C9H16N2OS. The van der Waals surface area contributed by atoms with Crippen molar-refractivity contribution in [3.05, 3.63) is 0 Å². The Bertz CT molecular complexity index is 194. The third kappa shape index (κ3) is 3.99. The van der Waals surface area contributed by atoms with Crippen LogP contribution in [0, 0.1) is 11.3 Å². The number of ether oxygens (including phenoxy) is 1. The van der Waals surface area contributed by atoms with Gasteiger partial charge in [0.15, 0.2) is 0 Å². The van der Waals surface area contributed by atoms with Gasteiger partial charge < -0.3 is 10.5 Å². The first-order valence-electron chi connectivity index (χ1n) is 4.53. The predicted octanol–water partition coefficient (Wildman–Crippen LogP) is 1.14. The maximum Gasteiger partial charge on any atom is 0.110 e. The zero-order valence-electron chi connectivity index (χ0n) is 7.95. The summed E-state index contributed by atoms with van der Waals surface area (Å²) in [6.45, 7) is 3.48. The quantitative estimate of drug-likeness (QED) is 0.742. The number of thioether (sulfide) groups is 1. The number of rotatable bonds is 3. The van der Waals surface area contributed by atoms with Crippen LogP contribution in [-0.2, 0) is 4.74 Å². The molecule has 0 saturated carbocycles. The van der Waals surface area contributed by atoms with E-state index in [1.165, 1.54) is 0 Å². The van der Waals surface area contributed by atoms with Crippen molar-refractivity contribution in [1.29, 1.82) is 5.26 Å². The SMILES string of the molecule is CC(N)(C#N)CSC1CCOCC1. The summed E-state index contributed by atoms with van der Waals surface area (Å²) in [7, 11) is 0. The maximum absolute atomic E-state index is 8.71. The first-order valence-corrected chi connectivity index (χ1v) is 5.58. The number of nitrogens with two attached hydrogens (primary N) is 1. The second kappa shape index (κ2) is 4.85. The van der Waals surface area contributed by atoms with Crippen LogP contribution in [0.4, 0.5) is 0 Å². The molecule has 0 aliphatic carbocycles. The van der Waals surface area contributed by atoms with Gasteiger partial charge >= 0.3 is 0 Å². The molecule has 1 atom stereocenters. The minimum atomic E-state index is -0.678. The van der Waals surface area contributed by atoms with Crippen LogP contribution >= 0.6 is 11.8 Å². The van der Waals surface area contributed by atoms with Gasteiger partial charge in [-0.1, -0.05) is 0 Å². The van der Waals surface area contributed by atoms with Crippen LogP contribution in [0.5, 0.6) is 0 Å². The van der Waals surface area contributed by atoms with Crippen molar-refractivity contribution in [2.45, 2.75) is 30.6 Å². The van der Waals surface area contributed by atoms with Crippen molar-refractivity contribution in [3.63, 3.8) is 0 Å². The highest BCUT2D eigenvalue weighted by Gasteiger charge is 2.21. The van der Waals surface area contributed by atoms with E-state index >= 15 is 0 Å². The zero-order valence-corrected chi connectivity index (χ0v) is 8.77. The van der Waals surface area contributed by atoms with Gasteiger partial charge in [-0.05, 0) is 19.8 Å². The van der Waals surface area contributed by atoms with Gasteiger partial charge in [0.1, 0.15) is 5.54 Å². The molecule has 2 N–H and O–H groups in total. The summed E-state index contributed by atoms with van der Waals surface area (Å²) in [5.74, 6) is 0.716. The molecule has 0 spiro atoms. The maximum atomic E-state index is 8.71. The smallest absolute Gasteiger partial charge is 0.110 e. The van der Waals surface area contributed by atoms with Gasteiger partial charge in [0.05, 0.1) is 6.07 Å². The molecular weight excluding hydrogens is 184 g/mol. The molecule has 3 nitrogen and oxygen atoms in total. The molecule has 0 aromatic carbocycles. The summed E-state index contributed by atoms with van der Waals surface area (Å²) in [6, 6.07) is 2.11. The molecule has 0 radical (unpaired) electrons. The monoisotopic (exact) mass is 200 g/mol. The zero-order chi connectivity index (χ0) is 9.73. The Hall–Kier alpha value is -0.240. The fourth-order valence-corrected chi connectivity index (χ4v) is 2.34. The predicted molar refractivity (Wildman–Crippen MR) is 54.5 cm³/mol. The van der Waals surface area contributed by atoms with Gasteiger partial charge in [-0.25, -0.2) is 0 Å². The lowest BCUT2D eigenvalue weighted by molar-refractivity contribution is 0.1000. The number of nitrogens with zero attached hydrogens (tertiary/aromatic N) is 1. The third-order valence-corrected chi connectivity index (χ3v) is 3.75. The van der Waals surface area contributed by atoms with Gasteiger partial charge in [-0.2, -0.15) is 17.0 Å². The van der Waals surface area contributed by atoms with E-state index in [9.17, 15) is 0 Å². The second-order valence-electron chi connectivity index (χ2n) is 3.65. The van der Waals surface area contributed by atoms with Crippen molar-refractivity contribution in [1.82, 2.24) is 0 Å². The first-order chi connectivity index (χ1) is 6.14. The van der Waals surface area contributed by atoms with Gasteiger partial charge in [0.2, 0.25) is 0 Å². The molecule has 0 aromatic heterocycles. The van der Waals surface area contributed by atoms with Crippen LogP contribution in [0.15, 0.2) is 0 Å². The molecule has 1 heterocycles. The van der Waals surface area contributed by atoms with Crippen molar-refractivity contribution in [2.75, 3.05) is 19.0 Å². The van der Waals surface area contributed by atoms with Crippen molar-refractivity contribution in [2.24, 2.45) is 5.73 Å². The first kappa shape index (κ1) is 10.8. The highest BCUT2D eigenvalue weighted by atomic mass is 32.2. The van der Waals surface area contributed by atoms with Crippen LogP contribution in [-0.4, -0.2) is 29.8 Å². The molecule has 74 valence electrons. The van der Waals surface area contributed by atoms with Crippen LogP contribution in [0.3, 0.4) is 0 Å². The molecule has 0 amide bonds. The van der Waals surface area contributed by atoms with E-state index < -0.39 is 5.54 Å². The van der Waals surface area contributed by atoms with Gasteiger partial charge in [0, 0.05) is 24.2 Å². The van der Waals surface area contributed by atoms with Crippen molar-refractivity contribution >= 4 is 11.8 Å². The highest BCUT2D eigenvalue weighted by molar-refractivity contribution is 8.00. The molecule has 1 unspecified atom stereocenters. The van der Waals surface area contributed by atoms with Crippen molar-refractivity contribution < 1.29 is 4.74 Å². The van der Waals surface area contributed by atoms with Crippen LogP contribution in [0.25, 0.3) is 0 Å². The minimum Gasteiger partial charge on any atom is -0.381 e. The fourth-order valence-electron chi connectivity index (χ4n) is 1.17. The Kier molecular flexibility index (Phi) is 4.04.